The molecule has 2 amide bonds. The number of benzene rings is 2. The van der Waals surface area contributed by atoms with E-state index in [0.29, 0.717) is 22.8 Å². The van der Waals surface area contributed by atoms with E-state index in [1.54, 1.807) is 24.3 Å². The maximum Gasteiger partial charge on any atom is 0.286 e. The van der Waals surface area contributed by atoms with E-state index < -0.39 is 0 Å². The maximum atomic E-state index is 12.6. The largest absolute Gasteiger partial charge is 0.486 e. The molecule has 9 nitrogen and oxygen atoms in total. The lowest BCUT2D eigenvalue weighted by molar-refractivity contribution is 0.0940. The van der Waals surface area contributed by atoms with Gasteiger partial charge in [0.1, 0.15) is 12.4 Å². The molecule has 1 fully saturated rings. The molecule has 2 N–H and O–H groups in total. The number of para-hydroxylation sites is 1. The molecular weight excluding hydrogens is 452 g/mol. The Hall–Kier alpha value is -3.34. The summed E-state index contributed by atoms with van der Waals surface area (Å²) >= 11 is 1.17. The minimum Gasteiger partial charge on any atom is -0.486 e. The van der Waals surface area contributed by atoms with Gasteiger partial charge in [0, 0.05) is 50.5 Å². The van der Waals surface area contributed by atoms with Gasteiger partial charge in [-0.2, -0.15) is 0 Å². The Kier molecular flexibility index (Phi) is 8.18. The predicted octanol–water partition coefficient (Wildman–Crippen LogP) is 2.35. The number of rotatable bonds is 9. The molecular formula is C24H28N6O3S. The number of carbonyl (C=O) groups excluding carboxylic acids is 2. The van der Waals surface area contributed by atoms with Crippen LogP contribution in [0.4, 0.5) is 5.69 Å². The second-order valence-corrected chi connectivity index (χ2v) is 9.10. The summed E-state index contributed by atoms with van der Waals surface area (Å²) in [6.07, 6.45) is 0. The molecule has 0 bridgehead atoms. The topological polar surface area (TPSA) is 99.7 Å². The third-order valence-corrected chi connectivity index (χ3v) is 6.35. The zero-order valence-corrected chi connectivity index (χ0v) is 19.9. The van der Waals surface area contributed by atoms with Crippen molar-refractivity contribution in [2.75, 3.05) is 51.6 Å². The predicted molar refractivity (Wildman–Crippen MR) is 131 cm³/mol. The van der Waals surface area contributed by atoms with Gasteiger partial charge in [-0.05, 0) is 37.4 Å². The summed E-state index contributed by atoms with van der Waals surface area (Å²) in [6.45, 7) is 5.76. The van der Waals surface area contributed by atoms with Crippen LogP contribution in [0.3, 0.4) is 0 Å². The summed E-state index contributed by atoms with van der Waals surface area (Å²) in [4.78, 5) is 29.8. The van der Waals surface area contributed by atoms with Crippen molar-refractivity contribution in [1.29, 1.82) is 0 Å². The van der Waals surface area contributed by atoms with Gasteiger partial charge in [0.2, 0.25) is 5.01 Å². The van der Waals surface area contributed by atoms with Crippen molar-refractivity contribution in [1.82, 2.24) is 25.3 Å². The molecule has 4 rings (SSSR count). The lowest BCUT2D eigenvalue weighted by Gasteiger charge is -2.32. The van der Waals surface area contributed by atoms with E-state index in [0.717, 1.165) is 38.5 Å². The Morgan fingerprint density at radius 3 is 2.59 bits per heavy atom. The van der Waals surface area contributed by atoms with Gasteiger partial charge in [-0.1, -0.05) is 35.6 Å². The van der Waals surface area contributed by atoms with E-state index in [1.807, 2.05) is 30.3 Å². The number of hydrogen-bond donors (Lipinski definition) is 2. The van der Waals surface area contributed by atoms with Crippen molar-refractivity contribution in [3.05, 3.63) is 70.2 Å². The van der Waals surface area contributed by atoms with Crippen molar-refractivity contribution in [2.24, 2.45) is 0 Å². The van der Waals surface area contributed by atoms with Crippen LogP contribution in [0.25, 0.3) is 0 Å². The lowest BCUT2D eigenvalue weighted by Crippen LogP contribution is -2.46. The molecule has 0 saturated carbocycles. The fraction of sp³-hybridized carbons (Fsp3) is 0.333. The molecule has 1 aliphatic rings. The fourth-order valence-corrected chi connectivity index (χ4v) is 4.14. The molecule has 0 unspecified atom stereocenters. The van der Waals surface area contributed by atoms with Gasteiger partial charge in [0.15, 0.2) is 5.01 Å². The number of likely N-dealkylation sites (N-methyl/N-ethyl adjacent to an activating group) is 1. The van der Waals surface area contributed by atoms with E-state index >= 15 is 0 Å². The average molecular weight is 481 g/mol. The number of nitrogens with one attached hydrogen (secondary N) is 2. The second-order valence-electron chi connectivity index (χ2n) is 8.04. The third-order valence-electron chi connectivity index (χ3n) is 5.46. The third kappa shape index (κ3) is 6.83. The van der Waals surface area contributed by atoms with Crippen LogP contribution in [0.15, 0.2) is 54.6 Å². The molecule has 1 saturated heterocycles. The van der Waals surface area contributed by atoms with Crippen molar-refractivity contribution in [3.63, 3.8) is 0 Å². The number of piperazine rings is 1. The van der Waals surface area contributed by atoms with Gasteiger partial charge in [0.05, 0.1) is 0 Å². The van der Waals surface area contributed by atoms with Gasteiger partial charge >= 0.3 is 0 Å². The molecule has 0 spiro atoms. The second kappa shape index (κ2) is 11.7. The summed E-state index contributed by atoms with van der Waals surface area (Å²) in [7, 11) is 2.12. The normalized spacial score (nSPS) is 14.5. The number of nitrogens with zero attached hydrogens (tertiary/aromatic N) is 4. The van der Waals surface area contributed by atoms with Crippen LogP contribution < -0.4 is 15.4 Å². The minimum absolute atomic E-state index is 0.165. The number of ether oxygens (including phenoxy) is 1. The van der Waals surface area contributed by atoms with Crippen molar-refractivity contribution in [3.8, 4) is 5.75 Å². The molecule has 0 radical (unpaired) electrons. The Morgan fingerprint density at radius 2 is 1.79 bits per heavy atom. The smallest absolute Gasteiger partial charge is 0.286 e. The Bertz CT molecular complexity index is 1100. The Labute approximate surface area is 202 Å². The molecule has 1 aliphatic heterocycles. The van der Waals surface area contributed by atoms with E-state index in [1.165, 1.54) is 11.3 Å². The first-order valence-electron chi connectivity index (χ1n) is 11.2. The zero-order chi connectivity index (χ0) is 23.8. The van der Waals surface area contributed by atoms with E-state index in [-0.39, 0.29) is 23.4 Å². The SMILES string of the molecule is CN1CCN(CCNC(=O)c2cccc(NC(=O)c3nnc(COc4ccccc4)s3)c2)CC1. The average Bonchev–Trinajstić information content (AvgIpc) is 3.34. The summed E-state index contributed by atoms with van der Waals surface area (Å²) in [6, 6.07) is 16.2. The number of anilines is 1. The molecule has 0 aliphatic carbocycles. The van der Waals surface area contributed by atoms with E-state index in [2.05, 4.69) is 37.7 Å². The quantitative estimate of drug-likeness (QED) is 0.485. The fourth-order valence-electron chi connectivity index (χ4n) is 3.49. The summed E-state index contributed by atoms with van der Waals surface area (Å²) < 4.78 is 5.65. The highest BCUT2D eigenvalue weighted by atomic mass is 32.1. The van der Waals surface area contributed by atoms with Crippen LogP contribution in [0, 0.1) is 0 Å². The van der Waals surface area contributed by atoms with Crippen LogP contribution >= 0.6 is 11.3 Å². The van der Waals surface area contributed by atoms with Crippen LogP contribution in [0.2, 0.25) is 0 Å². The lowest BCUT2D eigenvalue weighted by atomic mass is 10.2. The Balaban J connectivity index is 1.26. The van der Waals surface area contributed by atoms with Gasteiger partial charge in [-0.15, -0.1) is 10.2 Å². The number of amides is 2. The van der Waals surface area contributed by atoms with Crippen LogP contribution in [0.5, 0.6) is 5.75 Å². The zero-order valence-electron chi connectivity index (χ0n) is 19.1. The number of carbonyl (C=O) groups is 2. The van der Waals surface area contributed by atoms with E-state index in [4.69, 9.17) is 4.74 Å². The Morgan fingerprint density at radius 1 is 1.00 bits per heavy atom. The number of aromatic nitrogens is 2. The monoisotopic (exact) mass is 480 g/mol. The van der Waals surface area contributed by atoms with Gasteiger partial charge < -0.3 is 20.3 Å². The first-order valence-corrected chi connectivity index (χ1v) is 12.0. The van der Waals surface area contributed by atoms with Gasteiger partial charge in [0.25, 0.3) is 11.8 Å². The van der Waals surface area contributed by atoms with Crippen LogP contribution in [-0.4, -0.2) is 78.1 Å². The highest BCUT2D eigenvalue weighted by molar-refractivity contribution is 7.13. The highest BCUT2D eigenvalue weighted by Crippen LogP contribution is 2.17. The van der Waals surface area contributed by atoms with Crippen molar-refractivity contribution in [2.45, 2.75) is 6.61 Å². The van der Waals surface area contributed by atoms with Crippen molar-refractivity contribution < 1.29 is 14.3 Å². The van der Waals surface area contributed by atoms with Gasteiger partial charge in [-0.25, -0.2) is 0 Å². The van der Waals surface area contributed by atoms with Crippen molar-refractivity contribution >= 4 is 28.8 Å². The highest BCUT2D eigenvalue weighted by Gasteiger charge is 2.16. The molecule has 2 heterocycles. The molecule has 0 atom stereocenters. The summed E-state index contributed by atoms with van der Waals surface area (Å²) in [5, 5.41) is 14.6. The maximum absolute atomic E-state index is 12.6. The van der Waals surface area contributed by atoms with Gasteiger partial charge in [-0.3, -0.25) is 14.5 Å². The summed E-state index contributed by atoms with van der Waals surface area (Å²) in [5.41, 5.74) is 1.01. The summed E-state index contributed by atoms with van der Waals surface area (Å²) in [5.74, 6) is 0.180. The van der Waals surface area contributed by atoms with Crippen LogP contribution in [-0.2, 0) is 6.61 Å². The molecule has 34 heavy (non-hydrogen) atoms. The molecule has 2 aromatic carbocycles. The molecule has 3 aromatic rings. The molecule has 178 valence electrons. The van der Waals surface area contributed by atoms with E-state index in [9.17, 15) is 9.59 Å². The van der Waals surface area contributed by atoms with Crippen LogP contribution in [0.1, 0.15) is 25.2 Å². The molecule has 1 aromatic heterocycles. The first kappa shape index (κ1) is 23.8. The minimum atomic E-state index is -0.379. The molecule has 10 heteroatoms. The number of hydrogen-bond acceptors (Lipinski definition) is 8. The first-order chi connectivity index (χ1) is 16.6. The standard InChI is InChI=1S/C24H28N6O3S/c1-29-12-14-30(15-13-29)11-10-25-22(31)18-6-5-7-19(16-18)26-23(32)24-28-27-21(34-24)17-33-20-8-3-2-4-9-20/h2-9,16H,10-15,17H2,1H3,(H,25,31)(H,26,32).